The third-order valence-corrected chi connectivity index (χ3v) is 5.24. The maximum atomic E-state index is 12.3. The molecule has 6 nitrogen and oxygen atoms in total. The van der Waals surface area contributed by atoms with Gasteiger partial charge in [-0.1, -0.05) is 11.6 Å². The van der Waals surface area contributed by atoms with Crippen molar-refractivity contribution in [3.63, 3.8) is 0 Å². The first kappa shape index (κ1) is 18.6. The molecule has 25 heavy (non-hydrogen) atoms. The van der Waals surface area contributed by atoms with Crippen LogP contribution in [0.5, 0.6) is 0 Å². The second-order valence-corrected chi connectivity index (χ2v) is 7.06. The van der Waals surface area contributed by atoms with Gasteiger partial charge in [-0.05, 0) is 25.1 Å². The Labute approximate surface area is 158 Å². The van der Waals surface area contributed by atoms with Crippen molar-refractivity contribution >= 4 is 29.7 Å². The molecule has 2 saturated heterocycles. The number of halogens is 2. The minimum absolute atomic E-state index is 0. The molecule has 1 N–H and O–H groups in total. The summed E-state index contributed by atoms with van der Waals surface area (Å²) < 4.78 is 1.50. The lowest BCUT2D eigenvalue weighted by Crippen LogP contribution is -2.50. The predicted octanol–water partition coefficient (Wildman–Crippen LogP) is 1.25. The SMILES string of the molecule is Cl.O=c1cc(CN2CCN(C3CCNC3)CC2)nc2ccc(Cl)cn12. The maximum Gasteiger partial charge on any atom is 0.258 e. The molecule has 4 heterocycles. The number of rotatable bonds is 3. The second-order valence-electron chi connectivity index (χ2n) is 6.62. The zero-order valence-electron chi connectivity index (χ0n) is 14.0. The molecule has 1 atom stereocenters. The zero-order chi connectivity index (χ0) is 16.5. The van der Waals surface area contributed by atoms with Crippen LogP contribution >= 0.6 is 24.0 Å². The highest BCUT2D eigenvalue weighted by Gasteiger charge is 2.26. The van der Waals surface area contributed by atoms with Crippen LogP contribution in [-0.4, -0.2) is 64.5 Å². The minimum Gasteiger partial charge on any atom is -0.315 e. The molecule has 2 aromatic rings. The van der Waals surface area contributed by atoms with Gasteiger partial charge in [-0.15, -0.1) is 12.4 Å². The molecule has 2 aliphatic heterocycles. The van der Waals surface area contributed by atoms with Crippen LogP contribution in [0.2, 0.25) is 5.02 Å². The van der Waals surface area contributed by atoms with E-state index in [0.29, 0.717) is 16.7 Å². The van der Waals surface area contributed by atoms with Crippen LogP contribution in [0.4, 0.5) is 0 Å². The van der Waals surface area contributed by atoms with Crippen molar-refractivity contribution in [2.45, 2.75) is 19.0 Å². The van der Waals surface area contributed by atoms with Crippen molar-refractivity contribution in [2.24, 2.45) is 0 Å². The van der Waals surface area contributed by atoms with Gasteiger partial charge < -0.3 is 5.32 Å². The van der Waals surface area contributed by atoms with Crippen molar-refractivity contribution in [1.82, 2.24) is 24.5 Å². The van der Waals surface area contributed by atoms with Gasteiger partial charge in [0.05, 0.1) is 10.7 Å². The van der Waals surface area contributed by atoms with E-state index in [1.54, 1.807) is 24.4 Å². The third kappa shape index (κ3) is 4.15. The van der Waals surface area contributed by atoms with E-state index in [9.17, 15) is 4.79 Å². The molecule has 0 aliphatic carbocycles. The average Bonchev–Trinajstić information content (AvgIpc) is 3.11. The summed E-state index contributed by atoms with van der Waals surface area (Å²) in [4.78, 5) is 21.8. The van der Waals surface area contributed by atoms with Gasteiger partial charge >= 0.3 is 0 Å². The van der Waals surface area contributed by atoms with Crippen LogP contribution in [0.1, 0.15) is 12.1 Å². The van der Waals surface area contributed by atoms with Crippen LogP contribution in [0.15, 0.2) is 29.2 Å². The Morgan fingerprint density at radius 2 is 2.04 bits per heavy atom. The lowest BCUT2D eigenvalue weighted by Gasteiger charge is -2.37. The van der Waals surface area contributed by atoms with Crippen LogP contribution in [-0.2, 0) is 6.54 Å². The molecule has 2 fully saturated rings. The first-order chi connectivity index (χ1) is 11.7. The fraction of sp³-hybridized carbons (Fsp3) is 0.529. The second kappa shape index (κ2) is 8.01. The monoisotopic (exact) mass is 383 g/mol. The molecule has 0 saturated carbocycles. The summed E-state index contributed by atoms with van der Waals surface area (Å²) in [6.45, 7) is 7.22. The normalized spacial score (nSPS) is 22.2. The summed E-state index contributed by atoms with van der Waals surface area (Å²) in [6, 6.07) is 5.87. The fourth-order valence-corrected chi connectivity index (χ4v) is 3.83. The number of nitrogens with one attached hydrogen (secondary N) is 1. The number of nitrogens with zero attached hydrogens (tertiary/aromatic N) is 4. The van der Waals surface area contributed by atoms with E-state index in [1.165, 1.54) is 10.8 Å². The molecular weight excluding hydrogens is 361 g/mol. The number of hydrogen-bond donors (Lipinski definition) is 1. The Balaban J connectivity index is 0.00000182. The molecule has 4 rings (SSSR count). The molecular formula is C17H23Cl2N5O. The number of piperazine rings is 1. The molecule has 0 amide bonds. The van der Waals surface area contributed by atoms with Crippen LogP contribution < -0.4 is 10.9 Å². The van der Waals surface area contributed by atoms with Crippen molar-refractivity contribution in [3.05, 3.63) is 45.5 Å². The Bertz CT molecular complexity index is 782. The summed E-state index contributed by atoms with van der Waals surface area (Å²) in [5.74, 6) is 0. The van der Waals surface area contributed by atoms with Gasteiger partial charge in [0.1, 0.15) is 5.65 Å². The van der Waals surface area contributed by atoms with Crippen LogP contribution in [0.25, 0.3) is 5.65 Å². The highest BCUT2D eigenvalue weighted by molar-refractivity contribution is 6.30. The van der Waals surface area contributed by atoms with Crippen molar-refractivity contribution in [2.75, 3.05) is 39.3 Å². The number of pyridine rings is 1. The Morgan fingerprint density at radius 3 is 2.76 bits per heavy atom. The minimum atomic E-state index is -0.0758. The number of fused-ring (bicyclic) bond motifs is 1. The lowest BCUT2D eigenvalue weighted by molar-refractivity contribution is 0.0973. The van der Waals surface area contributed by atoms with Crippen molar-refractivity contribution in [1.29, 1.82) is 0 Å². The largest absolute Gasteiger partial charge is 0.315 e. The van der Waals surface area contributed by atoms with Gasteiger partial charge in [-0.25, -0.2) is 4.98 Å². The van der Waals surface area contributed by atoms with Gasteiger partial charge in [0.25, 0.3) is 5.56 Å². The van der Waals surface area contributed by atoms with Crippen molar-refractivity contribution < 1.29 is 0 Å². The van der Waals surface area contributed by atoms with E-state index < -0.39 is 0 Å². The van der Waals surface area contributed by atoms with Crippen LogP contribution in [0.3, 0.4) is 0 Å². The summed E-state index contributed by atoms with van der Waals surface area (Å²) >= 11 is 5.95. The van der Waals surface area contributed by atoms with Gasteiger partial charge in [0.2, 0.25) is 0 Å². The summed E-state index contributed by atoms with van der Waals surface area (Å²) in [5, 5.41) is 3.97. The zero-order valence-corrected chi connectivity index (χ0v) is 15.6. The average molecular weight is 384 g/mol. The summed E-state index contributed by atoms with van der Waals surface area (Å²) in [7, 11) is 0. The Hall–Kier alpha value is -1.18. The van der Waals surface area contributed by atoms with E-state index in [2.05, 4.69) is 20.1 Å². The molecule has 136 valence electrons. The molecule has 0 aromatic carbocycles. The van der Waals surface area contributed by atoms with E-state index in [0.717, 1.165) is 51.5 Å². The van der Waals surface area contributed by atoms with E-state index in [4.69, 9.17) is 11.6 Å². The number of hydrogen-bond acceptors (Lipinski definition) is 5. The first-order valence-corrected chi connectivity index (χ1v) is 8.92. The maximum absolute atomic E-state index is 12.3. The first-order valence-electron chi connectivity index (χ1n) is 8.54. The Morgan fingerprint density at radius 1 is 1.24 bits per heavy atom. The van der Waals surface area contributed by atoms with E-state index >= 15 is 0 Å². The van der Waals surface area contributed by atoms with E-state index in [-0.39, 0.29) is 18.0 Å². The fourth-order valence-electron chi connectivity index (χ4n) is 3.67. The molecule has 0 bridgehead atoms. The summed E-state index contributed by atoms with van der Waals surface area (Å²) in [6.07, 6.45) is 2.87. The van der Waals surface area contributed by atoms with Crippen molar-refractivity contribution in [3.8, 4) is 0 Å². The molecule has 0 spiro atoms. The number of aromatic nitrogens is 2. The summed E-state index contributed by atoms with van der Waals surface area (Å²) in [5.41, 5.74) is 1.41. The molecule has 0 radical (unpaired) electrons. The van der Waals surface area contributed by atoms with Gasteiger partial charge in [-0.2, -0.15) is 0 Å². The lowest BCUT2D eigenvalue weighted by atomic mass is 10.2. The molecule has 2 aromatic heterocycles. The van der Waals surface area contributed by atoms with E-state index in [1.807, 2.05) is 0 Å². The molecule has 2 aliphatic rings. The standard InChI is InChI=1S/C17H22ClN5O.ClH/c18-13-1-2-16-20-14(9-17(24)23(16)11-13)12-21-5-7-22(8-6-21)15-3-4-19-10-15;/h1-2,9,11,15,19H,3-8,10,12H2;1H. The Kier molecular flexibility index (Phi) is 5.96. The highest BCUT2D eigenvalue weighted by Crippen LogP contribution is 2.14. The third-order valence-electron chi connectivity index (χ3n) is 5.02. The predicted molar refractivity (Wildman–Crippen MR) is 102 cm³/mol. The smallest absolute Gasteiger partial charge is 0.258 e. The quantitative estimate of drug-likeness (QED) is 0.864. The van der Waals surface area contributed by atoms with Crippen LogP contribution in [0, 0.1) is 0 Å². The highest BCUT2D eigenvalue weighted by atomic mass is 35.5. The van der Waals surface area contributed by atoms with Gasteiger partial charge in [0.15, 0.2) is 0 Å². The topological polar surface area (TPSA) is 52.9 Å². The van der Waals surface area contributed by atoms with Gasteiger partial charge in [0, 0.05) is 57.6 Å². The molecule has 1 unspecified atom stereocenters. The molecule has 8 heteroatoms. The van der Waals surface area contributed by atoms with Gasteiger partial charge in [-0.3, -0.25) is 19.0 Å².